The Morgan fingerprint density at radius 1 is 1.43 bits per heavy atom. The van der Waals surface area contributed by atoms with Crippen molar-refractivity contribution in [1.82, 2.24) is 5.32 Å². The van der Waals surface area contributed by atoms with Crippen LogP contribution in [0.25, 0.3) is 0 Å². The quantitative estimate of drug-likeness (QED) is 0.610. The Bertz CT molecular complexity index is 171. The average molecular weight is 197 g/mol. The molecule has 0 fully saturated rings. The first-order chi connectivity index (χ1) is 6.64. The third-order valence-corrected chi connectivity index (χ3v) is 3.08. The van der Waals surface area contributed by atoms with Crippen LogP contribution >= 0.6 is 0 Å². The van der Waals surface area contributed by atoms with Gasteiger partial charge in [0.25, 0.3) is 0 Å². The van der Waals surface area contributed by atoms with E-state index in [2.05, 4.69) is 32.0 Å². The van der Waals surface area contributed by atoms with E-state index in [9.17, 15) is 5.11 Å². The van der Waals surface area contributed by atoms with Gasteiger partial charge in [-0.2, -0.15) is 0 Å². The molecule has 0 radical (unpaired) electrons. The molecule has 0 aliphatic rings. The van der Waals surface area contributed by atoms with Crippen LogP contribution in [0.1, 0.15) is 40.0 Å². The molecule has 0 amide bonds. The Morgan fingerprint density at radius 2 is 2.00 bits per heavy atom. The standard InChI is InChI=1S/C12H23NO/c1-5-8-11(4)13-9-12(6-2,7-3)10-14/h1,11,13-14H,6-10H2,2-4H3. The van der Waals surface area contributed by atoms with Crippen LogP contribution in [0.2, 0.25) is 0 Å². The first-order valence-electron chi connectivity index (χ1n) is 5.41. The van der Waals surface area contributed by atoms with Gasteiger partial charge in [0.1, 0.15) is 0 Å². The molecule has 0 heterocycles. The largest absolute Gasteiger partial charge is 0.396 e. The first kappa shape index (κ1) is 13.5. The molecule has 1 atom stereocenters. The van der Waals surface area contributed by atoms with Crippen molar-refractivity contribution < 1.29 is 5.11 Å². The topological polar surface area (TPSA) is 32.3 Å². The molecule has 14 heavy (non-hydrogen) atoms. The van der Waals surface area contributed by atoms with Crippen LogP contribution in [0.4, 0.5) is 0 Å². The SMILES string of the molecule is C#CCC(C)NCC(CC)(CC)CO. The smallest absolute Gasteiger partial charge is 0.0499 e. The third-order valence-electron chi connectivity index (χ3n) is 3.08. The molecule has 0 rings (SSSR count). The molecule has 0 bridgehead atoms. The highest BCUT2D eigenvalue weighted by Gasteiger charge is 2.25. The fourth-order valence-corrected chi connectivity index (χ4v) is 1.42. The Kier molecular flexibility index (Phi) is 6.61. The molecule has 2 heteroatoms. The van der Waals surface area contributed by atoms with Crippen molar-refractivity contribution >= 4 is 0 Å². The summed E-state index contributed by atoms with van der Waals surface area (Å²) in [5, 5.41) is 12.7. The van der Waals surface area contributed by atoms with E-state index in [4.69, 9.17) is 6.42 Å². The lowest BCUT2D eigenvalue weighted by atomic mass is 9.83. The fourth-order valence-electron chi connectivity index (χ4n) is 1.42. The van der Waals surface area contributed by atoms with Crippen LogP contribution in [-0.2, 0) is 0 Å². The van der Waals surface area contributed by atoms with Gasteiger partial charge in [0.15, 0.2) is 0 Å². The summed E-state index contributed by atoms with van der Waals surface area (Å²) in [5.41, 5.74) is 0.0306. The highest BCUT2D eigenvalue weighted by molar-refractivity contribution is 4.89. The van der Waals surface area contributed by atoms with Crippen molar-refractivity contribution in [1.29, 1.82) is 0 Å². The molecule has 82 valence electrons. The average Bonchev–Trinajstić information content (AvgIpc) is 2.21. The molecule has 0 saturated heterocycles. The lowest BCUT2D eigenvalue weighted by molar-refractivity contribution is 0.110. The molecule has 0 spiro atoms. The van der Waals surface area contributed by atoms with E-state index < -0.39 is 0 Å². The zero-order chi connectivity index (χ0) is 11.0. The van der Waals surface area contributed by atoms with E-state index >= 15 is 0 Å². The number of aliphatic hydroxyl groups excluding tert-OH is 1. The highest BCUT2D eigenvalue weighted by Crippen LogP contribution is 2.24. The van der Waals surface area contributed by atoms with E-state index in [1.807, 2.05) is 0 Å². The molecular weight excluding hydrogens is 174 g/mol. The minimum absolute atomic E-state index is 0.0306. The summed E-state index contributed by atoms with van der Waals surface area (Å²) >= 11 is 0. The van der Waals surface area contributed by atoms with Crippen molar-refractivity contribution in [3.8, 4) is 12.3 Å². The van der Waals surface area contributed by atoms with Gasteiger partial charge in [0.2, 0.25) is 0 Å². The van der Waals surface area contributed by atoms with Gasteiger partial charge in [-0.1, -0.05) is 13.8 Å². The van der Waals surface area contributed by atoms with Crippen LogP contribution in [0.15, 0.2) is 0 Å². The summed E-state index contributed by atoms with van der Waals surface area (Å²) in [6.45, 7) is 7.41. The van der Waals surface area contributed by atoms with Gasteiger partial charge in [-0.25, -0.2) is 0 Å². The second-order valence-corrected chi connectivity index (χ2v) is 4.06. The molecule has 0 aliphatic heterocycles. The number of terminal acetylenes is 1. The van der Waals surface area contributed by atoms with E-state index in [1.54, 1.807) is 0 Å². The number of aliphatic hydroxyl groups is 1. The van der Waals surface area contributed by atoms with Gasteiger partial charge in [0.05, 0.1) is 0 Å². The number of hydrogen-bond donors (Lipinski definition) is 2. The summed E-state index contributed by atoms with van der Waals surface area (Å²) in [4.78, 5) is 0. The maximum absolute atomic E-state index is 9.34. The van der Waals surface area contributed by atoms with Crippen molar-refractivity contribution in [3.63, 3.8) is 0 Å². The minimum atomic E-state index is 0.0306. The molecule has 1 unspecified atom stereocenters. The van der Waals surface area contributed by atoms with Crippen LogP contribution in [0.5, 0.6) is 0 Å². The molecular formula is C12H23NO. The van der Waals surface area contributed by atoms with Gasteiger partial charge in [-0.05, 0) is 19.8 Å². The molecule has 0 saturated carbocycles. The Hall–Kier alpha value is -0.520. The summed E-state index contributed by atoms with van der Waals surface area (Å²) in [5.74, 6) is 2.63. The second-order valence-electron chi connectivity index (χ2n) is 4.06. The van der Waals surface area contributed by atoms with Gasteiger partial charge in [0, 0.05) is 31.0 Å². The Morgan fingerprint density at radius 3 is 2.36 bits per heavy atom. The van der Waals surface area contributed by atoms with E-state index in [0.717, 1.165) is 25.8 Å². The number of nitrogens with one attached hydrogen (secondary N) is 1. The first-order valence-corrected chi connectivity index (χ1v) is 5.41. The number of hydrogen-bond acceptors (Lipinski definition) is 2. The monoisotopic (exact) mass is 197 g/mol. The second kappa shape index (κ2) is 6.86. The Labute approximate surface area is 88.1 Å². The summed E-state index contributed by atoms with van der Waals surface area (Å²) < 4.78 is 0. The van der Waals surface area contributed by atoms with Crippen molar-refractivity contribution in [2.24, 2.45) is 5.41 Å². The van der Waals surface area contributed by atoms with Crippen molar-refractivity contribution in [3.05, 3.63) is 0 Å². The predicted molar refractivity (Wildman–Crippen MR) is 61.0 cm³/mol. The zero-order valence-electron chi connectivity index (χ0n) is 9.64. The molecule has 0 aromatic carbocycles. The van der Waals surface area contributed by atoms with Crippen LogP contribution in [-0.4, -0.2) is 24.3 Å². The molecule has 2 nitrogen and oxygen atoms in total. The van der Waals surface area contributed by atoms with E-state index in [-0.39, 0.29) is 12.0 Å². The molecule has 2 N–H and O–H groups in total. The van der Waals surface area contributed by atoms with Crippen molar-refractivity contribution in [2.45, 2.75) is 46.1 Å². The van der Waals surface area contributed by atoms with Crippen LogP contribution in [0.3, 0.4) is 0 Å². The van der Waals surface area contributed by atoms with Gasteiger partial charge in [-0.3, -0.25) is 0 Å². The molecule has 0 aromatic heterocycles. The lowest BCUT2D eigenvalue weighted by Gasteiger charge is -2.31. The molecule has 0 aromatic rings. The van der Waals surface area contributed by atoms with Crippen LogP contribution < -0.4 is 5.32 Å². The highest BCUT2D eigenvalue weighted by atomic mass is 16.3. The summed E-state index contributed by atoms with van der Waals surface area (Å²) in [7, 11) is 0. The van der Waals surface area contributed by atoms with Crippen molar-refractivity contribution in [2.75, 3.05) is 13.2 Å². The van der Waals surface area contributed by atoms with Gasteiger partial charge in [-0.15, -0.1) is 12.3 Å². The van der Waals surface area contributed by atoms with E-state index in [0.29, 0.717) is 6.04 Å². The summed E-state index contributed by atoms with van der Waals surface area (Å²) in [6, 6.07) is 0.337. The number of rotatable bonds is 7. The predicted octanol–water partition coefficient (Wildman–Crippen LogP) is 1.79. The van der Waals surface area contributed by atoms with Crippen LogP contribution in [0, 0.1) is 17.8 Å². The maximum Gasteiger partial charge on any atom is 0.0499 e. The maximum atomic E-state index is 9.34. The Balaban J connectivity index is 4.00. The third kappa shape index (κ3) is 4.13. The van der Waals surface area contributed by atoms with Gasteiger partial charge >= 0.3 is 0 Å². The minimum Gasteiger partial charge on any atom is -0.396 e. The fraction of sp³-hybridized carbons (Fsp3) is 0.833. The van der Waals surface area contributed by atoms with Gasteiger partial charge < -0.3 is 10.4 Å². The normalized spacial score (nSPS) is 13.6. The van der Waals surface area contributed by atoms with E-state index in [1.165, 1.54) is 0 Å². The lowest BCUT2D eigenvalue weighted by Crippen LogP contribution is -2.40. The molecule has 0 aliphatic carbocycles. The summed E-state index contributed by atoms with van der Waals surface area (Å²) in [6.07, 6.45) is 7.96. The zero-order valence-corrected chi connectivity index (χ0v) is 9.64.